The highest BCUT2D eigenvalue weighted by Crippen LogP contribution is 2.30. The second-order valence-corrected chi connectivity index (χ2v) is 8.13. The SMILES string of the molecule is COc1ccc(CN(C(=O)CSc2nnc(-c3ccc(Cl)cc3)o2)C2CC2)cc1. The molecule has 1 fully saturated rings. The predicted molar refractivity (Wildman–Crippen MR) is 112 cm³/mol. The summed E-state index contributed by atoms with van der Waals surface area (Å²) in [5.74, 6) is 1.55. The first-order valence-corrected chi connectivity index (χ1v) is 10.6. The molecule has 1 amide bonds. The highest BCUT2D eigenvalue weighted by Gasteiger charge is 2.32. The van der Waals surface area contributed by atoms with Gasteiger partial charge in [-0.25, -0.2) is 0 Å². The van der Waals surface area contributed by atoms with Gasteiger partial charge in [-0.3, -0.25) is 4.79 Å². The summed E-state index contributed by atoms with van der Waals surface area (Å²) in [6, 6.07) is 15.3. The maximum Gasteiger partial charge on any atom is 0.277 e. The number of nitrogens with zero attached hydrogens (tertiary/aromatic N) is 3. The van der Waals surface area contributed by atoms with Crippen molar-refractivity contribution in [1.82, 2.24) is 15.1 Å². The molecule has 2 aromatic carbocycles. The monoisotopic (exact) mass is 429 g/mol. The smallest absolute Gasteiger partial charge is 0.277 e. The van der Waals surface area contributed by atoms with E-state index in [-0.39, 0.29) is 11.7 Å². The first-order chi connectivity index (χ1) is 14.1. The lowest BCUT2D eigenvalue weighted by Crippen LogP contribution is -2.33. The standard InChI is InChI=1S/C21H20ClN3O3S/c1-27-18-10-2-14(3-11-18)12-25(17-8-9-17)19(26)13-29-21-24-23-20(28-21)15-4-6-16(22)7-5-15/h2-7,10-11,17H,8-9,12-13H2,1H3. The van der Waals surface area contributed by atoms with Crippen molar-refractivity contribution in [2.45, 2.75) is 30.7 Å². The molecule has 1 heterocycles. The zero-order valence-corrected chi connectivity index (χ0v) is 17.4. The van der Waals surface area contributed by atoms with Crippen LogP contribution in [0.4, 0.5) is 0 Å². The van der Waals surface area contributed by atoms with E-state index in [0.717, 1.165) is 29.7 Å². The number of amides is 1. The maximum atomic E-state index is 12.8. The summed E-state index contributed by atoms with van der Waals surface area (Å²) >= 11 is 7.16. The van der Waals surface area contributed by atoms with E-state index in [1.165, 1.54) is 11.8 Å². The van der Waals surface area contributed by atoms with Gasteiger partial charge in [-0.2, -0.15) is 0 Å². The number of carbonyl (C=O) groups excluding carboxylic acids is 1. The number of aromatic nitrogens is 2. The second-order valence-electron chi connectivity index (χ2n) is 6.77. The minimum Gasteiger partial charge on any atom is -0.497 e. The van der Waals surface area contributed by atoms with E-state index in [1.807, 2.05) is 41.3 Å². The van der Waals surface area contributed by atoms with Crippen molar-refractivity contribution < 1.29 is 13.9 Å². The normalized spacial score (nSPS) is 13.3. The van der Waals surface area contributed by atoms with Gasteiger partial charge in [-0.05, 0) is 54.8 Å². The molecule has 0 bridgehead atoms. The number of hydrogen-bond acceptors (Lipinski definition) is 6. The van der Waals surface area contributed by atoms with Gasteiger partial charge in [0.05, 0.1) is 12.9 Å². The van der Waals surface area contributed by atoms with Crippen molar-refractivity contribution in [2.24, 2.45) is 0 Å². The van der Waals surface area contributed by atoms with Crippen LogP contribution >= 0.6 is 23.4 Å². The fraction of sp³-hybridized carbons (Fsp3) is 0.286. The van der Waals surface area contributed by atoms with Crippen LogP contribution in [0.5, 0.6) is 5.75 Å². The minimum absolute atomic E-state index is 0.0690. The third kappa shape index (κ3) is 5.10. The Bertz CT molecular complexity index is 972. The zero-order valence-electron chi connectivity index (χ0n) is 15.9. The summed E-state index contributed by atoms with van der Waals surface area (Å²) in [4.78, 5) is 14.8. The van der Waals surface area contributed by atoms with E-state index >= 15 is 0 Å². The Hall–Kier alpha value is -2.51. The summed E-state index contributed by atoms with van der Waals surface area (Å²) in [6.45, 7) is 0.591. The average molecular weight is 430 g/mol. The van der Waals surface area contributed by atoms with Crippen LogP contribution in [0.3, 0.4) is 0 Å². The number of hydrogen-bond donors (Lipinski definition) is 0. The number of methoxy groups -OCH3 is 1. The van der Waals surface area contributed by atoms with Gasteiger partial charge >= 0.3 is 0 Å². The van der Waals surface area contributed by atoms with E-state index in [9.17, 15) is 4.79 Å². The highest BCUT2D eigenvalue weighted by molar-refractivity contribution is 7.99. The summed E-state index contributed by atoms with van der Waals surface area (Å²) in [6.07, 6.45) is 2.10. The van der Waals surface area contributed by atoms with Crippen molar-refractivity contribution in [3.05, 3.63) is 59.1 Å². The van der Waals surface area contributed by atoms with E-state index < -0.39 is 0 Å². The molecule has 150 valence electrons. The summed E-state index contributed by atoms with van der Waals surface area (Å²) < 4.78 is 10.9. The third-order valence-corrected chi connectivity index (χ3v) is 5.69. The first kappa shape index (κ1) is 19.8. The van der Waals surface area contributed by atoms with E-state index in [0.29, 0.717) is 28.7 Å². The van der Waals surface area contributed by atoms with Crippen LogP contribution in [-0.2, 0) is 11.3 Å². The lowest BCUT2D eigenvalue weighted by atomic mass is 10.2. The van der Waals surface area contributed by atoms with Gasteiger partial charge in [0, 0.05) is 23.2 Å². The van der Waals surface area contributed by atoms with Crippen LogP contribution in [0.2, 0.25) is 5.02 Å². The van der Waals surface area contributed by atoms with Crippen molar-refractivity contribution in [3.8, 4) is 17.2 Å². The van der Waals surface area contributed by atoms with Crippen LogP contribution in [0.1, 0.15) is 18.4 Å². The van der Waals surface area contributed by atoms with Crippen molar-refractivity contribution in [2.75, 3.05) is 12.9 Å². The van der Waals surface area contributed by atoms with Gasteiger partial charge < -0.3 is 14.1 Å². The molecular weight excluding hydrogens is 410 g/mol. The van der Waals surface area contributed by atoms with Crippen molar-refractivity contribution >= 4 is 29.3 Å². The number of ether oxygens (including phenoxy) is 1. The molecule has 1 saturated carbocycles. The average Bonchev–Trinajstić information content (AvgIpc) is 3.48. The topological polar surface area (TPSA) is 68.5 Å². The molecule has 3 aromatic rings. The Balaban J connectivity index is 1.36. The number of benzene rings is 2. The molecule has 8 heteroatoms. The summed E-state index contributed by atoms with van der Waals surface area (Å²) in [5, 5.41) is 9.11. The fourth-order valence-corrected chi connectivity index (χ4v) is 3.69. The minimum atomic E-state index is 0.0690. The van der Waals surface area contributed by atoms with Crippen LogP contribution in [0.25, 0.3) is 11.5 Å². The van der Waals surface area contributed by atoms with Crippen LogP contribution in [-0.4, -0.2) is 39.9 Å². The first-order valence-electron chi connectivity index (χ1n) is 9.27. The van der Waals surface area contributed by atoms with Gasteiger partial charge in [-0.15, -0.1) is 10.2 Å². The number of halogens is 1. The summed E-state index contributed by atoms with van der Waals surface area (Å²) in [7, 11) is 1.64. The highest BCUT2D eigenvalue weighted by atomic mass is 35.5. The Morgan fingerprint density at radius 2 is 1.90 bits per heavy atom. The second kappa shape index (κ2) is 8.88. The molecule has 0 aliphatic heterocycles. The quantitative estimate of drug-likeness (QED) is 0.484. The van der Waals surface area contributed by atoms with Gasteiger partial charge in [0.1, 0.15) is 5.75 Å². The Labute approximate surface area is 178 Å². The molecule has 0 atom stereocenters. The Kier molecular flexibility index (Phi) is 6.06. The number of rotatable bonds is 8. The molecule has 29 heavy (non-hydrogen) atoms. The molecule has 0 saturated heterocycles. The molecule has 0 unspecified atom stereocenters. The molecule has 1 aliphatic rings. The van der Waals surface area contributed by atoms with Crippen LogP contribution in [0, 0.1) is 0 Å². The van der Waals surface area contributed by atoms with Gasteiger partial charge in [0.25, 0.3) is 5.22 Å². The largest absolute Gasteiger partial charge is 0.497 e. The van der Waals surface area contributed by atoms with E-state index in [4.69, 9.17) is 20.8 Å². The molecule has 4 rings (SSSR count). The molecule has 0 radical (unpaired) electrons. The fourth-order valence-electron chi connectivity index (χ4n) is 2.92. The number of carbonyl (C=O) groups is 1. The summed E-state index contributed by atoms with van der Waals surface area (Å²) in [5.41, 5.74) is 1.87. The van der Waals surface area contributed by atoms with Crippen LogP contribution < -0.4 is 4.74 Å². The molecule has 0 N–H and O–H groups in total. The lowest BCUT2D eigenvalue weighted by Gasteiger charge is -2.22. The van der Waals surface area contributed by atoms with Gasteiger partial charge in [0.15, 0.2) is 0 Å². The van der Waals surface area contributed by atoms with E-state index in [2.05, 4.69) is 10.2 Å². The molecular formula is C21H20ClN3O3S. The van der Waals surface area contributed by atoms with Crippen molar-refractivity contribution in [1.29, 1.82) is 0 Å². The molecule has 1 aliphatic carbocycles. The van der Waals surface area contributed by atoms with E-state index in [1.54, 1.807) is 19.2 Å². The number of thioether (sulfide) groups is 1. The Morgan fingerprint density at radius 1 is 1.17 bits per heavy atom. The lowest BCUT2D eigenvalue weighted by molar-refractivity contribution is -0.129. The predicted octanol–water partition coefficient (Wildman–Crippen LogP) is 4.68. The van der Waals surface area contributed by atoms with Crippen LogP contribution in [0.15, 0.2) is 58.2 Å². The zero-order chi connectivity index (χ0) is 20.2. The molecule has 0 spiro atoms. The molecule has 1 aromatic heterocycles. The van der Waals surface area contributed by atoms with Gasteiger partial charge in [-0.1, -0.05) is 35.5 Å². The Morgan fingerprint density at radius 3 is 2.55 bits per heavy atom. The maximum absolute atomic E-state index is 12.8. The third-order valence-electron chi connectivity index (χ3n) is 4.64. The van der Waals surface area contributed by atoms with Gasteiger partial charge in [0.2, 0.25) is 11.8 Å². The van der Waals surface area contributed by atoms with Crippen molar-refractivity contribution in [3.63, 3.8) is 0 Å². The molecule has 6 nitrogen and oxygen atoms in total.